The molecule has 0 aliphatic rings. The zero-order valence-corrected chi connectivity index (χ0v) is 8.70. The van der Waals surface area contributed by atoms with Crippen molar-refractivity contribution in [1.82, 2.24) is 0 Å². The predicted molar refractivity (Wildman–Crippen MR) is 41.1 cm³/mol. The molecule has 0 aliphatic heterocycles. The Hall–Kier alpha value is -0.463. The first-order chi connectivity index (χ1) is 5.52. The SMILES string of the molecule is CC(C)OO[Si](=O)OOC(C)C. The summed E-state index contributed by atoms with van der Waals surface area (Å²) in [6, 6.07) is 0. The largest absolute Gasteiger partial charge is 0.834 e. The zero-order chi connectivity index (χ0) is 9.56. The van der Waals surface area contributed by atoms with Crippen LogP contribution < -0.4 is 0 Å². The first-order valence-electron chi connectivity index (χ1n) is 3.73. The molecule has 0 aromatic heterocycles. The third kappa shape index (κ3) is 7.64. The molecule has 0 heterocycles. The van der Waals surface area contributed by atoms with Crippen LogP contribution in [0.5, 0.6) is 0 Å². The van der Waals surface area contributed by atoms with Crippen molar-refractivity contribution >= 4 is 9.17 Å². The van der Waals surface area contributed by atoms with Crippen molar-refractivity contribution in [1.29, 1.82) is 0 Å². The van der Waals surface area contributed by atoms with Crippen LogP contribution in [0.1, 0.15) is 27.7 Å². The Bertz CT molecular complexity index is 122. The van der Waals surface area contributed by atoms with Gasteiger partial charge in [-0.3, -0.25) is 4.46 Å². The first kappa shape index (κ1) is 11.5. The lowest BCUT2D eigenvalue weighted by molar-refractivity contribution is -0.309. The van der Waals surface area contributed by atoms with Gasteiger partial charge in [-0.25, -0.2) is 0 Å². The lowest BCUT2D eigenvalue weighted by atomic mass is 10.5. The van der Waals surface area contributed by atoms with E-state index in [1.807, 2.05) is 0 Å². The molecule has 0 N–H and O–H groups in total. The Labute approximate surface area is 73.3 Å². The van der Waals surface area contributed by atoms with Crippen LogP contribution in [0.3, 0.4) is 0 Å². The Morgan fingerprint density at radius 1 is 0.917 bits per heavy atom. The van der Waals surface area contributed by atoms with Gasteiger partial charge in [0.1, 0.15) is 0 Å². The van der Waals surface area contributed by atoms with Gasteiger partial charge in [-0.15, -0.1) is 0 Å². The monoisotopic (exact) mass is 194 g/mol. The summed E-state index contributed by atoms with van der Waals surface area (Å²) in [5, 5.41) is 0. The molecular formula is C6H14O5Si. The summed E-state index contributed by atoms with van der Waals surface area (Å²) >= 11 is 0. The standard InChI is InChI=1S/C6H14O5Si/c1-5(2)8-10-12(7)11-9-6(3)4/h5-6H,1-4H3. The fourth-order valence-corrected chi connectivity index (χ4v) is 0.855. The van der Waals surface area contributed by atoms with Gasteiger partial charge in [0.05, 0.1) is 12.2 Å². The van der Waals surface area contributed by atoms with Crippen LogP contribution in [-0.4, -0.2) is 21.4 Å². The van der Waals surface area contributed by atoms with Crippen LogP contribution in [0.4, 0.5) is 0 Å². The molecule has 0 aliphatic carbocycles. The molecule has 0 unspecified atom stereocenters. The van der Waals surface area contributed by atoms with Crippen molar-refractivity contribution < 1.29 is 23.4 Å². The molecule has 6 heteroatoms. The first-order valence-corrected chi connectivity index (χ1v) is 4.95. The number of rotatable bonds is 6. The van der Waals surface area contributed by atoms with Crippen molar-refractivity contribution in [2.45, 2.75) is 39.9 Å². The highest BCUT2D eigenvalue weighted by atomic mass is 28.3. The second-order valence-electron chi connectivity index (χ2n) is 2.71. The van der Waals surface area contributed by atoms with Gasteiger partial charge in [0.15, 0.2) is 0 Å². The molecule has 0 atom stereocenters. The van der Waals surface area contributed by atoms with Gasteiger partial charge in [0.2, 0.25) is 0 Å². The molecule has 0 saturated carbocycles. The van der Waals surface area contributed by atoms with Gasteiger partial charge in [-0.2, -0.15) is 9.78 Å². The normalized spacial score (nSPS) is 10.5. The highest BCUT2D eigenvalue weighted by Crippen LogP contribution is 1.93. The van der Waals surface area contributed by atoms with E-state index in [0.29, 0.717) is 0 Å². The van der Waals surface area contributed by atoms with Crippen molar-refractivity contribution in [2.75, 3.05) is 0 Å². The summed E-state index contributed by atoms with van der Waals surface area (Å²) in [5.74, 6) is 0. The topological polar surface area (TPSA) is 54.0 Å². The summed E-state index contributed by atoms with van der Waals surface area (Å²) in [6.45, 7) is 6.99. The lowest BCUT2D eigenvalue weighted by Gasteiger charge is -2.07. The van der Waals surface area contributed by atoms with Crippen molar-refractivity contribution in [3.63, 3.8) is 0 Å². The molecule has 0 aromatic carbocycles. The summed E-state index contributed by atoms with van der Waals surface area (Å²) < 4.78 is 19.4. The highest BCUT2D eigenvalue weighted by Gasteiger charge is 2.16. The van der Waals surface area contributed by atoms with Crippen molar-refractivity contribution in [3.05, 3.63) is 0 Å². The molecule has 72 valence electrons. The fourth-order valence-electron chi connectivity index (χ4n) is 0.285. The number of hydrogen-bond acceptors (Lipinski definition) is 5. The van der Waals surface area contributed by atoms with Crippen LogP contribution in [0.25, 0.3) is 0 Å². The quantitative estimate of drug-likeness (QED) is 0.360. The van der Waals surface area contributed by atoms with E-state index in [1.165, 1.54) is 0 Å². The van der Waals surface area contributed by atoms with E-state index in [9.17, 15) is 4.46 Å². The van der Waals surface area contributed by atoms with E-state index in [0.717, 1.165) is 0 Å². The molecule has 0 aromatic rings. The summed E-state index contributed by atoms with van der Waals surface area (Å²) in [5.41, 5.74) is 0. The highest BCUT2D eigenvalue weighted by molar-refractivity contribution is 6.25. The smallest absolute Gasteiger partial charge is 0.327 e. The second-order valence-corrected chi connectivity index (χ2v) is 3.54. The maximum Gasteiger partial charge on any atom is 0.834 e. The third-order valence-corrected chi connectivity index (χ3v) is 1.08. The van der Waals surface area contributed by atoms with Crippen molar-refractivity contribution in [3.8, 4) is 0 Å². The second kappa shape index (κ2) is 6.10. The molecular weight excluding hydrogens is 180 g/mol. The zero-order valence-electron chi connectivity index (χ0n) is 7.70. The maximum atomic E-state index is 10.7. The average molecular weight is 194 g/mol. The van der Waals surface area contributed by atoms with E-state index >= 15 is 0 Å². The number of hydrogen-bond donors (Lipinski definition) is 0. The molecule has 0 spiro atoms. The van der Waals surface area contributed by atoms with E-state index in [2.05, 4.69) is 18.9 Å². The summed E-state index contributed by atoms with van der Waals surface area (Å²) in [6.07, 6.45) is -0.303. The Kier molecular flexibility index (Phi) is 5.86. The summed E-state index contributed by atoms with van der Waals surface area (Å²) in [4.78, 5) is 9.13. The van der Waals surface area contributed by atoms with Crippen molar-refractivity contribution in [2.24, 2.45) is 0 Å². The van der Waals surface area contributed by atoms with E-state index in [4.69, 9.17) is 0 Å². The fraction of sp³-hybridized carbons (Fsp3) is 1.00. The molecule has 0 radical (unpaired) electrons. The van der Waals surface area contributed by atoms with Crippen LogP contribution in [0.2, 0.25) is 0 Å². The molecule has 0 bridgehead atoms. The van der Waals surface area contributed by atoms with Crippen LogP contribution in [0.15, 0.2) is 0 Å². The minimum Gasteiger partial charge on any atom is -0.327 e. The van der Waals surface area contributed by atoms with Gasteiger partial charge >= 0.3 is 9.17 Å². The minimum absolute atomic E-state index is 0.151. The van der Waals surface area contributed by atoms with E-state index in [-0.39, 0.29) is 12.2 Å². The van der Waals surface area contributed by atoms with Gasteiger partial charge in [-0.05, 0) is 27.7 Å². The summed E-state index contributed by atoms with van der Waals surface area (Å²) in [7, 11) is -2.67. The Morgan fingerprint density at radius 3 is 1.50 bits per heavy atom. The predicted octanol–water partition coefficient (Wildman–Crippen LogP) is 1.11. The molecule has 5 nitrogen and oxygen atoms in total. The molecule has 0 amide bonds. The van der Waals surface area contributed by atoms with E-state index in [1.54, 1.807) is 27.7 Å². The third-order valence-electron chi connectivity index (χ3n) is 0.617. The molecule has 12 heavy (non-hydrogen) atoms. The lowest BCUT2D eigenvalue weighted by Crippen LogP contribution is -2.18. The minimum atomic E-state index is -2.67. The van der Waals surface area contributed by atoms with Gasteiger partial charge in [0.25, 0.3) is 0 Å². The van der Waals surface area contributed by atoms with Gasteiger partial charge in [0, 0.05) is 0 Å². The Balaban J connectivity index is 3.34. The van der Waals surface area contributed by atoms with Crippen LogP contribution >= 0.6 is 0 Å². The van der Waals surface area contributed by atoms with Crippen LogP contribution in [-0.2, 0) is 23.4 Å². The van der Waals surface area contributed by atoms with E-state index < -0.39 is 9.17 Å². The van der Waals surface area contributed by atoms with Gasteiger partial charge < -0.3 is 9.15 Å². The molecule has 0 rings (SSSR count). The van der Waals surface area contributed by atoms with Crippen LogP contribution in [0, 0.1) is 0 Å². The average Bonchev–Trinajstić information content (AvgIpc) is 1.96. The maximum absolute atomic E-state index is 10.7. The molecule has 0 fully saturated rings. The Morgan fingerprint density at radius 2 is 1.25 bits per heavy atom. The molecule has 0 saturated heterocycles. The van der Waals surface area contributed by atoms with Gasteiger partial charge in [-0.1, -0.05) is 0 Å².